The molecule has 0 heterocycles. The van der Waals surface area contributed by atoms with Crippen LogP contribution < -0.4 is 15.8 Å². The molecular weight excluding hydrogens is 312 g/mol. The highest BCUT2D eigenvalue weighted by atomic mass is 35.5. The summed E-state index contributed by atoms with van der Waals surface area (Å²) < 4.78 is 5.72. The third-order valence-electron chi connectivity index (χ3n) is 4.51. The van der Waals surface area contributed by atoms with Gasteiger partial charge >= 0.3 is 0 Å². The zero-order chi connectivity index (χ0) is 16.2. The first kappa shape index (κ1) is 19.8. The number of carbonyl (C=O) groups excluding carboxylic acids is 1. The van der Waals surface area contributed by atoms with Gasteiger partial charge < -0.3 is 15.8 Å². The minimum Gasteiger partial charge on any atom is -0.491 e. The van der Waals surface area contributed by atoms with Gasteiger partial charge in [-0.25, -0.2) is 0 Å². The Kier molecular flexibility index (Phi) is 7.36. The van der Waals surface area contributed by atoms with Gasteiger partial charge in [0.1, 0.15) is 5.75 Å². The first-order valence-corrected chi connectivity index (χ1v) is 8.24. The zero-order valence-corrected chi connectivity index (χ0v) is 15.1. The number of nitrogens with one attached hydrogen (secondary N) is 1. The van der Waals surface area contributed by atoms with Gasteiger partial charge in [0, 0.05) is 6.54 Å². The first-order valence-electron chi connectivity index (χ1n) is 8.24. The summed E-state index contributed by atoms with van der Waals surface area (Å²) in [6.45, 7) is 6.44. The second-order valence-corrected chi connectivity index (χ2v) is 6.63. The summed E-state index contributed by atoms with van der Waals surface area (Å²) in [5, 5.41) is 3.14. The van der Waals surface area contributed by atoms with Crippen LogP contribution in [0.25, 0.3) is 0 Å². The van der Waals surface area contributed by atoms with E-state index in [2.05, 4.69) is 5.32 Å². The lowest BCUT2D eigenvalue weighted by Crippen LogP contribution is -2.44. The molecule has 1 fully saturated rings. The van der Waals surface area contributed by atoms with Crippen molar-refractivity contribution in [3.8, 4) is 5.75 Å². The average Bonchev–Trinajstić information content (AvgIpc) is 2.97. The van der Waals surface area contributed by atoms with Crippen molar-refractivity contribution >= 4 is 18.3 Å². The van der Waals surface area contributed by atoms with Gasteiger partial charge in [-0.1, -0.05) is 25.0 Å². The molecule has 1 aliphatic rings. The van der Waals surface area contributed by atoms with Crippen molar-refractivity contribution < 1.29 is 9.53 Å². The van der Waals surface area contributed by atoms with E-state index < -0.39 is 0 Å². The van der Waals surface area contributed by atoms with E-state index in [1.807, 2.05) is 45.0 Å². The Morgan fingerprint density at radius 1 is 1.30 bits per heavy atom. The molecule has 23 heavy (non-hydrogen) atoms. The Morgan fingerprint density at radius 3 is 2.52 bits per heavy atom. The van der Waals surface area contributed by atoms with Gasteiger partial charge in [-0.05, 0) is 51.3 Å². The molecule has 0 aliphatic heterocycles. The third kappa shape index (κ3) is 4.85. The Hall–Kier alpha value is -1.26. The highest BCUT2D eigenvalue weighted by Gasteiger charge is 2.40. The second-order valence-electron chi connectivity index (χ2n) is 6.63. The van der Waals surface area contributed by atoms with E-state index in [0.29, 0.717) is 6.54 Å². The van der Waals surface area contributed by atoms with Gasteiger partial charge in [0.05, 0.1) is 17.6 Å². The fourth-order valence-corrected chi connectivity index (χ4v) is 3.14. The predicted octanol–water partition coefficient (Wildman–Crippen LogP) is 3.59. The van der Waals surface area contributed by atoms with Crippen LogP contribution in [0, 0.1) is 5.41 Å². The summed E-state index contributed by atoms with van der Waals surface area (Å²) in [6, 6.07) is 7.86. The van der Waals surface area contributed by atoms with Crippen molar-refractivity contribution in [1.82, 2.24) is 5.32 Å². The maximum Gasteiger partial charge on any atom is 0.227 e. The summed E-state index contributed by atoms with van der Waals surface area (Å²) in [4.78, 5) is 12.6. The van der Waals surface area contributed by atoms with E-state index in [0.717, 1.165) is 37.0 Å². The largest absolute Gasteiger partial charge is 0.491 e. The summed E-state index contributed by atoms with van der Waals surface area (Å²) in [7, 11) is 0. The lowest BCUT2D eigenvalue weighted by atomic mass is 9.85. The molecule has 0 spiro atoms. The highest BCUT2D eigenvalue weighted by Crippen LogP contribution is 2.37. The molecule has 0 saturated heterocycles. The fourth-order valence-electron chi connectivity index (χ4n) is 3.14. The van der Waals surface area contributed by atoms with E-state index in [1.54, 1.807) is 0 Å². The summed E-state index contributed by atoms with van der Waals surface area (Å²) >= 11 is 0. The van der Waals surface area contributed by atoms with Crippen molar-refractivity contribution in [3.05, 3.63) is 29.8 Å². The fraction of sp³-hybridized carbons (Fsp3) is 0.611. The summed E-state index contributed by atoms with van der Waals surface area (Å²) in [5.74, 6) is 0.929. The molecule has 0 radical (unpaired) electrons. The number of rotatable bonds is 6. The number of benzene rings is 1. The van der Waals surface area contributed by atoms with Crippen LogP contribution >= 0.6 is 12.4 Å². The SMILES string of the molecule is CC(C)Oc1cccc(C(C)NC(=O)C2(CN)CCCC2)c1.Cl. The van der Waals surface area contributed by atoms with Crippen LogP contribution in [0.15, 0.2) is 24.3 Å². The van der Waals surface area contributed by atoms with Gasteiger partial charge in [0.25, 0.3) is 0 Å². The number of hydrogen-bond donors (Lipinski definition) is 2. The minimum absolute atomic E-state index is 0. The maximum absolute atomic E-state index is 12.6. The Bertz CT molecular complexity index is 513. The minimum atomic E-state index is -0.361. The summed E-state index contributed by atoms with van der Waals surface area (Å²) in [5.41, 5.74) is 6.57. The Morgan fingerprint density at radius 2 is 1.96 bits per heavy atom. The molecule has 3 N–H and O–H groups in total. The predicted molar refractivity (Wildman–Crippen MR) is 96.0 cm³/mol. The molecule has 1 atom stereocenters. The standard InChI is InChI=1S/C18H28N2O2.ClH/c1-13(2)22-16-8-6-7-15(11-16)14(3)20-17(21)18(12-19)9-4-5-10-18;/h6-8,11,13-14H,4-5,9-10,12,19H2,1-3H3,(H,20,21);1H. The topological polar surface area (TPSA) is 64.3 Å². The van der Waals surface area contributed by atoms with Crippen LogP contribution in [-0.4, -0.2) is 18.6 Å². The van der Waals surface area contributed by atoms with E-state index in [9.17, 15) is 4.79 Å². The van der Waals surface area contributed by atoms with Crippen LogP contribution in [0.5, 0.6) is 5.75 Å². The van der Waals surface area contributed by atoms with Crippen molar-refractivity contribution in [2.24, 2.45) is 11.1 Å². The van der Waals surface area contributed by atoms with E-state index in [1.165, 1.54) is 0 Å². The number of ether oxygens (including phenoxy) is 1. The third-order valence-corrected chi connectivity index (χ3v) is 4.51. The quantitative estimate of drug-likeness (QED) is 0.831. The lowest BCUT2D eigenvalue weighted by molar-refractivity contribution is -0.131. The molecule has 0 aromatic heterocycles. The molecule has 1 saturated carbocycles. The monoisotopic (exact) mass is 340 g/mol. The van der Waals surface area contributed by atoms with Gasteiger partial charge in [-0.2, -0.15) is 0 Å². The Labute approximate surface area is 145 Å². The molecular formula is C18H29ClN2O2. The zero-order valence-electron chi connectivity index (χ0n) is 14.3. The van der Waals surface area contributed by atoms with Crippen LogP contribution in [0.3, 0.4) is 0 Å². The number of carbonyl (C=O) groups is 1. The van der Waals surface area contributed by atoms with Gasteiger partial charge in [0.15, 0.2) is 0 Å². The molecule has 1 unspecified atom stereocenters. The lowest BCUT2D eigenvalue weighted by Gasteiger charge is -2.28. The molecule has 1 amide bonds. The Balaban J connectivity index is 0.00000264. The van der Waals surface area contributed by atoms with E-state index >= 15 is 0 Å². The van der Waals surface area contributed by atoms with E-state index in [-0.39, 0.29) is 35.9 Å². The van der Waals surface area contributed by atoms with Gasteiger partial charge in [0.2, 0.25) is 5.91 Å². The first-order chi connectivity index (χ1) is 10.5. The van der Waals surface area contributed by atoms with Crippen LogP contribution in [0.2, 0.25) is 0 Å². The van der Waals surface area contributed by atoms with Crippen molar-refractivity contribution in [1.29, 1.82) is 0 Å². The molecule has 0 bridgehead atoms. The van der Waals surface area contributed by atoms with Crippen LogP contribution in [0.4, 0.5) is 0 Å². The van der Waals surface area contributed by atoms with Gasteiger partial charge in [-0.3, -0.25) is 4.79 Å². The highest BCUT2D eigenvalue weighted by molar-refractivity contribution is 5.85. The number of nitrogens with two attached hydrogens (primary N) is 1. The molecule has 1 aromatic rings. The summed E-state index contributed by atoms with van der Waals surface area (Å²) in [6.07, 6.45) is 4.13. The molecule has 1 aliphatic carbocycles. The molecule has 4 nitrogen and oxygen atoms in total. The molecule has 130 valence electrons. The molecule has 2 rings (SSSR count). The van der Waals surface area contributed by atoms with Crippen molar-refractivity contribution in [2.45, 2.75) is 58.6 Å². The molecule has 1 aromatic carbocycles. The number of halogens is 1. The normalized spacial score (nSPS) is 17.4. The molecule has 5 heteroatoms. The number of amides is 1. The van der Waals surface area contributed by atoms with Crippen molar-refractivity contribution in [2.75, 3.05) is 6.54 Å². The van der Waals surface area contributed by atoms with Crippen LogP contribution in [-0.2, 0) is 4.79 Å². The van der Waals surface area contributed by atoms with Crippen LogP contribution in [0.1, 0.15) is 58.1 Å². The second kappa shape index (κ2) is 8.55. The maximum atomic E-state index is 12.6. The van der Waals surface area contributed by atoms with Gasteiger partial charge in [-0.15, -0.1) is 12.4 Å². The van der Waals surface area contributed by atoms with E-state index in [4.69, 9.17) is 10.5 Å². The van der Waals surface area contributed by atoms with Crippen molar-refractivity contribution in [3.63, 3.8) is 0 Å². The number of hydrogen-bond acceptors (Lipinski definition) is 3. The smallest absolute Gasteiger partial charge is 0.227 e. The average molecular weight is 341 g/mol.